The second-order valence-corrected chi connectivity index (χ2v) is 4.53. The minimum Gasteiger partial charge on any atom is -0.496 e. The van der Waals surface area contributed by atoms with E-state index in [4.69, 9.17) is 4.74 Å². The minimum atomic E-state index is -0.348. The molecular formula is C14H10BrFO2. The highest BCUT2D eigenvalue weighted by Crippen LogP contribution is 2.30. The Morgan fingerprint density at radius 2 is 2.06 bits per heavy atom. The van der Waals surface area contributed by atoms with Crippen LogP contribution in [-0.4, -0.2) is 13.4 Å². The number of carbonyl (C=O) groups excluding carboxylic acids is 1. The lowest BCUT2D eigenvalue weighted by molar-refractivity contribution is 0.112. The van der Waals surface area contributed by atoms with Gasteiger partial charge in [-0.05, 0) is 39.7 Å². The molecule has 0 radical (unpaired) electrons. The molecule has 0 aromatic heterocycles. The molecule has 0 N–H and O–H groups in total. The lowest BCUT2D eigenvalue weighted by atomic mass is 10.0. The topological polar surface area (TPSA) is 26.3 Å². The van der Waals surface area contributed by atoms with Crippen LogP contribution in [0.3, 0.4) is 0 Å². The Labute approximate surface area is 113 Å². The van der Waals surface area contributed by atoms with Crippen LogP contribution in [0.1, 0.15) is 10.4 Å². The summed E-state index contributed by atoms with van der Waals surface area (Å²) in [6.07, 6.45) is 0.693. The first-order chi connectivity index (χ1) is 8.67. The van der Waals surface area contributed by atoms with Crippen molar-refractivity contribution in [1.82, 2.24) is 0 Å². The van der Waals surface area contributed by atoms with Gasteiger partial charge in [0.15, 0.2) is 6.29 Å². The van der Waals surface area contributed by atoms with Gasteiger partial charge in [-0.25, -0.2) is 4.39 Å². The zero-order chi connectivity index (χ0) is 13.1. The van der Waals surface area contributed by atoms with E-state index in [2.05, 4.69) is 15.9 Å². The van der Waals surface area contributed by atoms with Crippen molar-refractivity contribution in [1.29, 1.82) is 0 Å². The van der Waals surface area contributed by atoms with Crippen LogP contribution in [0.15, 0.2) is 40.9 Å². The van der Waals surface area contributed by atoms with Crippen molar-refractivity contribution in [2.24, 2.45) is 0 Å². The van der Waals surface area contributed by atoms with Gasteiger partial charge in [-0.15, -0.1) is 0 Å². The van der Waals surface area contributed by atoms with E-state index in [1.807, 2.05) is 0 Å². The van der Waals surface area contributed by atoms with E-state index in [0.29, 0.717) is 33.2 Å². The number of halogens is 2. The zero-order valence-corrected chi connectivity index (χ0v) is 11.2. The SMILES string of the molecule is COc1ccc(-c2cccc(Br)c2F)cc1C=O. The number of ether oxygens (including phenoxy) is 1. The van der Waals surface area contributed by atoms with Crippen LogP contribution < -0.4 is 4.74 Å². The second kappa shape index (κ2) is 5.31. The summed E-state index contributed by atoms with van der Waals surface area (Å²) in [4.78, 5) is 10.9. The molecule has 0 unspecified atom stereocenters. The number of methoxy groups -OCH3 is 1. The second-order valence-electron chi connectivity index (χ2n) is 3.68. The molecule has 2 rings (SSSR count). The first-order valence-electron chi connectivity index (χ1n) is 5.25. The molecule has 4 heteroatoms. The Bertz CT molecular complexity index is 596. The van der Waals surface area contributed by atoms with Crippen LogP contribution in [0, 0.1) is 5.82 Å². The monoisotopic (exact) mass is 308 g/mol. The zero-order valence-electron chi connectivity index (χ0n) is 9.61. The molecule has 2 aromatic carbocycles. The Balaban J connectivity index is 2.58. The molecule has 0 spiro atoms. The van der Waals surface area contributed by atoms with E-state index in [0.717, 1.165) is 0 Å². The smallest absolute Gasteiger partial charge is 0.153 e. The van der Waals surface area contributed by atoms with Crippen LogP contribution in [0.4, 0.5) is 4.39 Å². The van der Waals surface area contributed by atoms with Gasteiger partial charge in [0.1, 0.15) is 11.6 Å². The van der Waals surface area contributed by atoms with Crippen molar-refractivity contribution in [2.45, 2.75) is 0 Å². The number of hydrogen-bond donors (Lipinski definition) is 0. The normalized spacial score (nSPS) is 10.2. The van der Waals surface area contributed by atoms with Crippen molar-refractivity contribution < 1.29 is 13.9 Å². The highest BCUT2D eigenvalue weighted by molar-refractivity contribution is 9.10. The van der Waals surface area contributed by atoms with Gasteiger partial charge in [0, 0.05) is 5.56 Å². The molecule has 0 amide bonds. The Kier molecular flexibility index (Phi) is 3.77. The van der Waals surface area contributed by atoms with Crippen LogP contribution in [0.5, 0.6) is 5.75 Å². The number of rotatable bonds is 3. The molecule has 2 nitrogen and oxygen atoms in total. The third-order valence-electron chi connectivity index (χ3n) is 2.62. The first-order valence-corrected chi connectivity index (χ1v) is 6.04. The lowest BCUT2D eigenvalue weighted by Crippen LogP contribution is -1.92. The van der Waals surface area contributed by atoms with E-state index in [9.17, 15) is 9.18 Å². The predicted molar refractivity (Wildman–Crippen MR) is 71.5 cm³/mol. The summed E-state index contributed by atoms with van der Waals surface area (Å²) in [5.74, 6) is 0.128. The van der Waals surface area contributed by atoms with Crippen molar-refractivity contribution in [2.75, 3.05) is 7.11 Å². The van der Waals surface area contributed by atoms with Crippen molar-refractivity contribution in [3.8, 4) is 16.9 Å². The van der Waals surface area contributed by atoms with Gasteiger partial charge in [-0.2, -0.15) is 0 Å². The van der Waals surface area contributed by atoms with Crippen LogP contribution in [0.25, 0.3) is 11.1 Å². The fraction of sp³-hybridized carbons (Fsp3) is 0.0714. The number of carbonyl (C=O) groups is 1. The number of aldehydes is 1. The molecule has 0 aliphatic rings. The van der Waals surface area contributed by atoms with Gasteiger partial charge in [-0.3, -0.25) is 4.79 Å². The largest absolute Gasteiger partial charge is 0.496 e. The summed E-state index contributed by atoms with van der Waals surface area (Å²) in [6.45, 7) is 0. The van der Waals surface area contributed by atoms with Crippen LogP contribution >= 0.6 is 15.9 Å². The van der Waals surface area contributed by atoms with E-state index in [1.165, 1.54) is 7.11 Å². The van der Waals surface area contributed by atoms with Crippen LogP contribution in [0.2, 0.25) is 0 Å². The van der Waals surface area contributed by atoms with E-state index in [-0.39, 0.29) is 5.82 Å². The van der Waals surface area contributed by atoms with Gasteiger partial charge < -0.3 is 4.74 Å². The molecule has 18 heavy (non-hydrogen) atoms. The molecule has 0 aliphatic heterocycles. The number of hydrogen-bond acceptors (Lipinski definition) is 2. The maximum atomic E-state index is 13.9. The molecule has 0 fully saturated rings. The summed E-state index contributed by atoms with van der Waals surface area (Å²) in [7, 11) is 1.49. The first kappa shape index (κ1) is 12.8. The van der Waals surface area contributed by atoms with Crippen molar-refractivity contribution >= 4 is 22.2 Å². The van der Waals surface area contributed by atoms with Gasteiger partial charge in [0.25, 0.3) is 0 Å². The summed E-state index contributed by atoms with van der Waals surface area (Å²) in [6, 6.07) is 10.0. The number of benzene rings is 2. The fourth-order valence-electron chi connectivity index (χ4n) is 1.72. The summed E-state index contributed by atoms with van der Waals surface area (Å²) in [5.41, 5.74) is 1.47. The molecule has 0 atom stereocenters. The molecule has 0 bridgehead atoms. The third-order valence-corrected chi connectivity index (χ3v) is 3.23. The van der Waals surface area contributed by atoms with Crippen LogP contribution in [-0.2, 0) is 0 Å². The highest BCUT2D eigenvalue weighted by atomic mass is 79.9. The van der Waals surface area contributed by atoms with E-state index < -0.39 is 0 Å². The Hall–Kier alpha value is -1.68. The van der Waals surface area contributed by atoms with Gasteiger partial charge in [0.2, 0.25) is 0 Å². The van der Waals surface area contributed by atoms with Gasteiger partial charge >= 0.3 is 0 Å². The molecule has 0 heterocycles. The molecule has 0 saturated carbocycles. The van der Waals surface area contributed by atoms with Crippen molar-refractivity contribution in [3.05, 3.63) is 52.3 Å². The molecule has 92 valence electrons. The Morgan fingerprint density at radius 3 is 2.72 bits per heavy atom. The lowest BCUT2D eigenvalue weighted by Gasteiger charge is -2.08. The third kappa shape index (κ3) is 2.29. The summed E-state index contributed by atoms with van der Waals surface area (Å²) in [5, 5.41) is 0. The average Bonchev–Trinajstić information content (AvgIpc) is 2.41. The van der Waals surface area contributed by atoms with E-state index in [1.54, 1.807) is 36.4 Å². The summed E-state index contributed by atoms with van der Waals surface area (Å²) >= 11 is 3.14. The molecule has 0 aliphatic carbocycles. The maximum Gasteiger partial charge on any atom is 0.153 e. The van der Waals surface area contributed by atoms with Gasteiger partial charge in [0.05, 0.1) is 17.1 Å². The standard InChI is InChI=1S/C14H10BrFO2/c1-18-13-6-5-9(7-10(13)8-17)11-3-2-4-12(15)14(11)16/h2-8H,1H3. The van der Waals surface area contributed by atoms with Crippen molar-refractivity contribution in [3.63, 3.8) is 0 Å². The Morgan fingerprint density at radius 1 is 1.28 bits per heavy atom. The van der Waals surface area contributed by atoms with E-state index >= 15 is 0 Å². The highest BCUT2D eigenvalue weighted by Gasteiger charge is 2.10. The predicted octanol–water partition coefficient (Wildman–Crippen LogP) is 4.08. The fourth-order valence-corrected chi connectivity index (χ4v) is 2.09. The maximum absolute atomic E-state index is 13.9. The van der Waals surface area contributed by atoms with Gasteiger partial charge in [-0.1, -0.05) is 18.2 Å². The molecular weight excluding hydrogens is 299 g/mol. The molecule has 2 aromatic rings. The molecule has 0 saturated heterocycles. The average molecular weight is 309 g/mol. The minimum absolute atomic E-state index is 0.348. The quantitative estimate of drug-likeness (QED) is 0.799. The summed E-state index contributed by atoms with van der Waals surface area (Å²) < 4.78 is 19.4.